The minimum Gasteiger partial charge on any atom is -0.334 e. The topological polar surface area (TPSA) is 64.9 Å². The smallest absolute Gasteiger partial charge is 0.258 e. The first-order valence-electron chi connectivity index (χ1n) is 6.57. The van der Waals surface area contributed by atoms with E-state index < -0.39 is 0 Å². The lowest BCUT2D eigenvalue weighted by atomic mass is 10.1. The number of hydrogen-bond acceptors (Lipinski definition) is 4. The van der Waals surface area contributed by atoms with Gasteiger partial charge in [-0.05, 0) is 48.4 Å². The first-order valence-corrected chi connectivity index (χ1v) is 6.57. The second-order valence-corrected chi connectivity index (χ2v) is 4.79. The van der Waals surface area contributed by atoms with E-state index in [1.54, 1.807) is 19.1 Å². The fourth-order valence-electron chi connectivity index (χ4n) is 2.07. The van der Waals surface area contributed by atoms with Gasteiger partial charge in [-0.3, -0.25) is 0 Å². The van der Waals surface area contributed by atoms with Gasteiger partial charge in [0.15, 0.2) is 0 Å². The quantitative estimate of drug-likeness (QED) is 0.801. The molecule has 0 amide bonds. The van der Waals surface area contributed by atoms with Gasteiger partial charge in [0, 0.05) is 17.7 Å². The van der Waals surface area contributed by atoms with Crippen LogP contribution >= 0.6 is 0 Å². The molecule has 2 N–H and O–H groups in total. The lowest BCUT2D eigenvalue weighted by Crippen LogP contribution is -1.95. The fraction of sp³-hybridized carbons (Fsp3) is 0.125. The molecule has 0 aliphatic rings. The molecule has 0 saturated carbocycles. The van der Waals surface area contributed by atoms with Crippen molar-refractivity contribution in [1.29, 1.82) is 0 Å². The average molecular weight is 283 g/mol. The highest BCUT2D eigenvalue weighted by Gasteiger charge is 2.11. The number of nitrogens with two attached hydrogens (primary N) is 1. The second-order valence-electron chi connectivity index (χ2n) is 4.79. The van der Waals surface area contributed by atoms with Gasteiger partial charge < -0.3 is 10.3 Å². The Balaban J connectivity index is 1.97. The lowest BCUT2D eigenvalue weighted by molar-refractivity contribution is 0.432. The maximum atomic E-state index is 13.3. The number of benzene rings is 2. The molecule has 3 rings (SSSR count). The molecule has 0 aliphatic heterocycles. The Bertz CT molecular complexity index is 783. The fourth-order valence-corrected chi connectivity index (χ4v) is 2.07. The molecule has 5 heteroatoms. The van der Waals surface area contributed by atoms with Crippen LogP contribution in [0, 0.1) is 12.7 Å². The van der Waals surface area contributed by atoms with Crippen LogP contribution in [0.3, 0.4) is 0 Å². The molecule has 0 atom stereocenters. The summed E-state index contributed by atoms with van der Waals surface area (Å²) in [5.41, 5.74) is 8.69. The molecule has 0 radical (unpaired) electrons. The third-order valence-electron chi connectivity index (χ3n) is 3.25. The molecule has 21 heavy (non-hydrogen) atoms. The number of halogens is 1. The first kappa shape index (κ1) is 13.5. The van der Waals surface area contributed by atoms with Crippen LogP contribution < -0.4 is 5.73 Å². The number of nitrogens with zero attached hydrogens (tertiary/aromatic N) is 2. The zero-order valence-electron chi connectivity index (χ0n) is 11.5. The summed E-state index contributed by atoms with van der Waals surface area (Å²) < 4.78 is 18.6. The maximum absolute atomic E-state index is 13.3. The van der Waals surface area contributed by atoms with Crippen molar-refractivity contribution in [3.63, 3.8) is 0 Å². The summed E-state index contributed by atoms with van der Waals surface area (Å²) in [6.45, 7) is 2.15. The molecule has 0 spiro atoms. The molecule has 1 heterocycles. The van der Waals surface area contributed by atoms with Gasteiger partial charge in [0.05, 0.1) is 0 Å². The van der Waals surface area contributed by atoms with E-state index in [0.717, 1.165) is 16.7 Å². The Morgan fingerprint density at radius 3 is 2.76 bits per heavy atom. The van der Waals surface area contributed by atoms with Crippen molar-refractivity contribution < 1.29 is 8.91 Å². The van der Waals surface area contributed by atoms with Crippen LogP contribution in [-0.4, -0.2) is 10.1 Å². The van der Waals surface area contributed by atoms with Crippen LogP contribution in [0.1, 0.15) is 11.1 Å². The van der Waals surface area contributed by atoms with Crippen LogP contribution in [0.5, 0.6) is 0 Å². The standard InChI is InChI=1S/C16H14FN3O/c1-10-7-12(5-6-14(10)17)15-19-16(21-20-15)13-4-2-3-11(8-13)9-18/h2-8H,9,18H2,1H3. The molecule has 3 aromatic rings. The van der Waals surface area contributed by atoms with Gasteiger partial charge in [-0.2, -0.15) is 4.98 Å². The molecule has 0 aliphatic carbocycles. The molecule has 0 bridgehead atoms. The first-order chi connectivity index (χ1) is 10.2. The molecule has 4 nitrogen and oxygen atoms in total. The molecule has 0 unspecified atom stereocenters. The van der Waals surface area contributed by atoms with Crippen molar-refractivity contribution in [3.05, 3.63) is 59.4 Å². The predicted octanol–water partition coefficient (Wildman–Crippen LogP) is 3.31. The average Bonchev–Trinajstić information content (AvgIpc) is 3.00. The van der Waals surface area contributed by atoms with Crippen molar-refractivity contribution in [2.45, 2.75) is 13.5 Å². The van der Waals surface area contributed by atoms with E-state index >= 15 is 0 Å². The highest BCUT2D eigenvalue weighted by molar-refractivity contribution is 5.60. The Hall–Kier alpha value is -2.53. The molecule has 2 aromatic carbocycles. The van der Waals surface area contributed by atoms with Crippen molar-refractivity contribution in [3.8, 4) is 22.8 Å². The van der Waals surface area contributed by atoms with E-state index in [1.807, 2.05) is 24.3 Å². The zero-order valence-corrected chi connectivity index (χ0v) is 11.5. The Labute approximate surface area is 121 Å². The summed E-state index contributed by atoms with van der Waals surface area (Å²) in [5.74, 6) is 0.603. The van der Waals surface area contributed by atoms with Crippen molar-refractivity contribution >= 4 is 0 Å². The molecular formula is C16H14FN3O. The van der Waals surface area contributed by atoms with Crippen LogP contribution in [0.4, 0.5) is 4.39 Å². The predicted molar refractivity (Wildman–Crippen MR) is 77.8 cm³/mol. The Morgan fingerprint density at radius 1 is 1.14 bits per heavy atom. The SMILES string of the molecule is Cc1cc(-c2noc(-c3cccc(CN)c3)n2)ccc1F. The largest absolute Gasteiger partial charge is 0.334 e. The maximum Gasteiger partial charge on any atom is 0.258 e. The summed E-state index contributed by atoms with van der Waals surface area (Å²) >= 11 is 0. The number of aromatic nitrogens is 2. The monoisotopic (exact) mass is 283 g/mol. The van der Waals surface area contributed by atoms with E-state index in [1.165, 1.54) is 6.07 Å². The summed E-state index contributed by atoms with van der Waals surface area (Å²) in [5, 5.41) is 3.95. The van der Waals surface area contributed by atoms with Crippen LogP contribution in [0.25, 0.3) is 22.8 Å². The number of hydrogen-bond donors (Lipinski definition) is 1. The third kappa shape index (κ3) is 2.68. The van der Waals surface area contributed by atoms with Gasteiger partial charge in [0.1, 0.15) is 5.82 Å². The van der Waals surface area contributed by atoms with Gasteiger partial charge in [-0.1, -0.05) is 17.3 Å². The van der Waals surface area contributed by atoms with E-state index in [-0.39, 0.29) is 5.82 Å². The minimum absolute atomic E-state index is 0.252. The van der Waals surface area contributed by atoms with Gasteiger partial charge >= 0.3 is 0 Å². The number of rotatable bonds is 3. The summed E-state index contributed by atoms with van der Waals surface area (Å²) in [7, 11) is 0. The van der Waals surface area contributed by atoms with Crippen molar-refractivity contribution in [2.75, 3.05) is 0 Å². The van der Waals surface area contributed by atoms with Gasteiger partial charge in [0.25, 0.3) is 5.89 Å². The van der Waals surface area contributed by atoms with Crippen LogP contribution in [-0.2, 0) is 6.54 Å². The van der Waals surface area contributed by atoms with E-state index in [2.05, 4.69) is 10.1 Å². The molecule has 106 valence electrons. The summed E-state index contributed by atoms with van der Waals surface area (Å²) in [6.07, 6.45) is 0. The van der Waals surface area contributed by atoms with Crippen molar-refractivity contribution in [2.24, 2.45) is 5.73 Å². The molecular weight excluding hydrogens is 269 g/mol. The number of aryl methyl sites for hydroxylation is 1. The molecule has 1 aromatic heterocycles. The van der Waals surface area contributed by atoms with Gasteiger partial charge in [-0.15, -0.1) is 0 Å². The minimum atomic E-state index is -0.252. The summed E-state index contributed by atoms with van der Waals surface area (Å²) in [4.78, 5) is 4.36. The Morgan fingerprint density at radius 2 is 2.00 bits per heavy atom. The van der Waals surface area contributed by atoms with E-state index in [4.69, 9.17) is 10.3 Å². The van der Waals surface area contributed by atoms with E-state index in [9.17, 15) is 4.39 Å². The van der Waals surface area contributed by atoms with Crippen LogP contribution in [0.15, 0.2) is 47.0 Å². The second kappa shape index (κ2) is 5.46. The normalized spacial score (nSPS) is 10.8. The van der Waals surface area contributed by atoms with Gasteiger partial charge in [0.2, 0.25) is 5.82 Å². The highest BCUT2D eigenvalue weighted by atomic mass is 19.1. The summed E-state index contributed by atoms with van der Waals surface area (Å²) in [6, 6.07) is 12.3. The molecule has 0 fully saturated rings. The third-order valence-corrected chi connectivity index (χ3v) is 3.25. The Kier molecular flexibility index (Phi) is 3.50. The van der Waals surface area contributed by atoms with Gasteiger partial charge in [-0.25, -0.2) is 4.39 Å². The zero-order chi connectivity index (χ0) is 14.8. The highest BCUT2D eigenvalue weighted by Crippen LogP contribution is 2.24. The molecule has 0 saturated heterocycles. The van der Waals surface area contributed by atoms with E-state index in [0.29, 0.717) is 23.8 Å². The van der Waals surface area contributed by atoms with Crippen LogP contribution in [0.2, 0.25) is 0 Å². The lowest BCUT2D eigenvalue weighted by Gasteiger charge is -1.99. The van der Waals surface area contributed by atoms with Crippen molar-refractivity contribution in [1.82, 2.24) is 10.1 Å².